The lowest BCUT2D eigenvalue weighted by atomic mass is 10.1. The highest BCUT2D eigenvalue weighted by molar-refractivity contribution is 6.31. The van der Waals surface area contributed by atoms with Crippen molar-refractivity contribution in [3.05, 3.63) is 21.0 Å². The molecular weight excluding hydrogens is 258 g/mol. The molecule has 7 heteroatoms. The number of hydrogen-bond acceptors (Lipinski definition) is 4. The van der Waals surface area contributed by atoms with Crippen LogP contribution in [-0.4, -0.2) is 27.9 Å². The Hall–Kier alpha value is -1.14. The van der Waals surface area contributed by atoms with Gasteiger partial charge in [0, 0.05) is 19.1 Å². The summed E-state index contributed by atoms with van der Waals surface area (Å²) in [6.45, 7) is 1.36. The van der Waals surface area contributed by atoms with E-state index < -0.39 is 4.92 Å². The van der Waals surface area contributed by atoms with Gasteiger partial charge >= 0.3 is 5.69 Å². The Labute approximate surface area is 109 Å². The van der Waals surface area contributed by atoms with Gasteiger partial charge in [0.2, 0.25) is 5.15 Å². The lowest BCUT2D eigenvalue weighted by Crippen LogP contribution is -2.22. The fourth-order valence-electron chi connectivity index (χ4n) is 2.52. The van der Waals surface area contributed by atoms with Crippen LogP contribution in [0.5, 0.6) is 0 Å². The molecule has 1 saturated carbocycles. The number of nitrogens with zero attached hydrogens (tertiary/aromatic N) is 3. The first-order valence-electron chi connectivity index (χ1n) is 6.18. The summed E-state index contributed by atoms with van der Waals surface area (Å²) >= 11 is 5.93. The first kappa shape index (κ1) is 11.9. The first-order chi connectivity index (χ1) is 8.68. The Kier molecular flexibility index (Phi) is 2.99. The van der Waals surface area contributed by atoms with Crippen LogP contribution in [0.3, 0.4) is 0 Å². The van der Waals surface area contributed by atoms with Gasteiger partial charge in [-0.05, 0) is 25.7 Å². The molecule has 0 bridgehead atoms. The van der Waals surface area contributed by atoms with Crippen molar-refractivity contribution in [2.75, 3.05) is 13.2 Å². The van der Waals surface area contributed by atoms with E-state index in [0.29, 0.717) is 13.2 Å². The Morgan fingerprint density at radius 3 is 2.56 bits per heavy atom. The first-order valence-corrected chi connectivity index (χ1v) is 6.56. The van der Waals surface area contributed by atoms with Gasteiger partial charge in [-0.1, -0.05) is 11.6 Å². The summed E-state index contributed by atoms with van der Waals surface area (Å²) in [4.78, 5) is 10.7. The summed E-state index contributed by atoms with van der Waals surface area (Å²) in [5, 5.41) is 15.3. The van der Waals surface area contributed by atoms with Crippen LogP contribution in [0.2, 0.25) is 5.15 Å². The predicted octanol–water partition coefficient (Wildman–Crippen LogP) is 2.67. The molecule has 2 fully saturated rings. The molecule has 0 atom stereocenters. The molecule has 2 heterocycles. The molecule has 6 nitrogen and oxygen atoms in total. The van der Waals surface area contributed by atoms with Gasteiger partial charge < -0.3 is 4.74 Å². The van der Waals surface area contributed by atoms with Crippen LogP contribution in [0.1, 0.15) is 43.3 Å². The smallest absolute Gasteiger partial charge is 0.329 e. The predicted molar refractivity (Wildman–Crippen MR) is 65.0 cm³/mol. The third kappa shape index (κ3) is 1.99. The van der Waals surface area contributed by atoms with Gasteiger partial charge in [-0.2, -0.15) is 5.10 Å². The molecule has 18 heavy (non-hydrogen) atoms. The average Bonchev–Trinajstić information content (AvgIpc) is 3.13. The maximum atomic E-state index is 11.1. The van der Waals surface area contributed by atoms with E-state index in [4.69, 9.17) is 16.3 Å². The Morgan fingerprint density at radius 1 is 1.33 bits per heavy atom. The van der Waals surface area contributed by atoms with Crippen LogP contribution >= 0.6 is 11.6 Å². The fraction of sp³-hybridized carbons (Fsp3) is 0.727. The molecule has 2 aliphatic rings. The minimum absolute atomic E-state index is 0.00524. The molecule has 0 aromatic carbocycles. The van der Waals surface area contributed by atoms with E-state index in [2.05, 4.69) is 5.10 Å². The quantitative estimate of drug-likeness (QED) is 0.626. The molecular formula is C11H14ClN3O3. The van der Waals surface area contributed by atoms with Gasteiger partial charge in [-0.25, -0.2) is 0 Å². The average molecular weight is 272 g/mol. The maximum absolute atomic E-state index is 11.1. The topological polar surface area (TPSA) is 70.2 Å². The molecule has 1 aliphatic heterocycles. The standard InChI is InChI=1S/C11H14ClN3O3/c12-11-10(15(16)17)9(7-1-2-7)14(13-11)8-3-5-18-6-4-8/h7-8H,1-6H2. The highest BCUT2D eigenvalue weighted by Gasteiger charge is 2.39. The third-order valence-electron chi connectivity index (χ3n) is 3.56. The van der Waals surface area contributed by atoms with Crippen molar-refractivity contribution >= 4 is 17.3 Å². The third-order valence-corrected chi connectivity index (χ3v) is 3.82. The van der Waals surface area contributed by atoms with Crippen LogP contribution in [0.25, 0.3) is 0 Å². The Balaban J connectivity index is 2.02. The Bertz CT molecular complexity index is 478. The van der Waals surface area contributed by atoms with Crippen LogP contribution in [0, 0.1) is 10.1 Å². The van der Waals surface area contributed by atoms with Gasteiger partial charge in [0.05, 0.1) is 11.0 Å². The van der Waals surface area contributed by atoms with Gasteiger partial charge in [-0.15, -0.1) is 0 Å². The molecule has 0 spiro atoms. The number of nitro groups is 1. The molecule has 0 unspecified atom stereocenters. The number of halogens is 1. The maximum Gasteiger partial charge on any atom is 0.329 e. The van der Waals surface area contributed by atoms with E-state index >= 15 is 0 Å². The summed E-state index contributed by atoms with van der Waals surface area (Å²) in [5.41, 5.74) is 0.725. The molecule has 1 aromatic rings. The highest BCUT2D eigenvalue weighted by atomic mass is 35.5. The summed E-state index contributed by atoms with van der Waals surface area (Å²) in [6, 6.07) is 0.181. The second-order valence-corrected chi connectivity index (χ2v) is 5.20. The van der Waals surface area contributed by atoms with Crippen molar-refractivity contribution in [3.8, 4) is 0 Å². The highest BCUT2D eigenvalue weighted by Crippen LogP contribution is 2.47. The number of hydrogen-bond donors (Lipinski definition) is 0. The molecule has 1 aromatic heterocycles. The molecule has 0 amide bonds. The van der Waals surface area contributed by atoms with Gasteiger partial charge in [-0.3, -0.25) is 14.8 Å². The van der Waals surface area contributed by atoms with E-state index in [9.17, 15) is 10.1 Å². The van der Waals surface area contributed by atoms with Crippen LogP contribution in [-0.2, 0) is 4.74 Å². The molecule has 98 valence electrons. The van der Waals surface area contributed by atoms with Crippen molar-refractivity contribution < 1.29 is 9.66 Å². The summed E-state index contributed by atoms with van der Waals surface area (Å²) < 4.78 is 7.11. The summed E-state index contributed by atoms with van der Waals surface area (Å²) in [7, 11) is 0. The van der Waals surface area contributed by atoms with Crippen molar-refractivity contribution in [2.45, 2.75) is 37.6 Å². The van der Waals surface area contributed by atoms with Crippen LogP contribution in [0.4, 0.5) is 5.69 Å². The molecule has 0 radical (unpaired) electrons. The SMILES string of the molecule is O=[N+]([O-])c1c(Cl)nn(C2CCOCC2)c1C1CC1. The van der Waals surface area contributed by atoms with E-state index in [-0.39, 0.29) is 22.8 Å². The summed E-state index contributed by atoms with van der Waals surface area (Å²) in [5.74, 6) is 0.258. The second-order valence-electron chi connectivity index (χ2n) is 4.84. The Morgan fingerprint density at radius 2 is 2.00 bits per heavy atom. The zero-order valence-electron chi connectivity index (χ0n) is 9.84. The van der Waals surface area contributed by atoms with Crippen molar-refractivity contribution in [1.82, 2.24) is 9.78 Å². The van der Waals surface area contributed by atoms with E-state index in [0.717, 1.165) is 31.4 Å². The fourth-order valence-corrected chi connectivity index (χ4v) is 2.77. The van der Waals surface area contributed by atoms with Gasteiger partial charge in [0.1, 0.15) is 5.69 Å². The van der Waals surface area contributed by atoms with E-state index in [1.807, 2.05) is 0 Å². The van der Waals surface area contributed by atoms with Gasteiger partial charge in [0.15, 0.2) is 0 Å². The largest absolute Gasteiger partial charge is 0.381 e. The second kappa shape index (κ2) is 4.51. The summed E-state index contributed by atoms with van der Waals surface area (Å²) in [6.07, 6.45) is 3.67. The molecule has 0 N–H and O–H groups in total. The minimum atomic E-state index is -0.404. The molecule has 1 aliphatic carbocycles. The van der Waals surface area contributed by atoms with Crippen LogP contribution in [0.15, 0.2) is 0 Å². The minimum Gasteiger partial charge on any atom is -0.381 e. The van der Waals surface area contributed by atoms with E-state index in [1.165, 1.54) is 0 Å². The lowest BCUT2D eigenvalue weighted by molar-refractivity contribution is -0.385. The van der Waals surface area contributed by atoms with Crippen molar-refractivity contribution in [3.63, 3.8) is 0 Å². The molecule has 1 saturated heterocycles. The molecule has 3 rings (SSSR count). The van der Waals surface area contributed by atoms with E-state index in [1.54, 1.807) is 4.68 Å². The number of rotatable bonds is 3. The van der Waals surface area contributed by atoms with Gasteiger partial charge in [0.25, 0.3) is 0 Å². The number of aromatic nitrogens is 2. The zero-order valence-corrected chi connectivity index (χ0v) is 10.6. The monoisotopic (exact) mass is 271 g/mol. The van der Waals surface area contributed by atoms with Crippen LogP contribution < -0.4 is 0 Å². The zero-order chi connectivity index (χ0) is 12.7. The number of ether oxygens (including phenoxy) is 1. The normalized spacial score (nSPS) is 21.2. The van der Waals surface area contributed by atoms with Crippen molar-refractivity contribution in [1.29, 1.82) is 0 Å². The lowest BCUT2D eigenvalue weighted by Gasteiger charge is -2.23. The van der Waals surface area contributed by atoms with Crippen molar-refractivity contribution in [2.24, 2.45) is 0 Å².